The molecule has 0 aliphatic rings. The highest BCUT2D eigenvalue weighted by Gasteiger charge is 2.12. The van der Waals surface area contributed by atoms with Gasteiger partial charge in [0.15, 0.2) is 0 Å². The zero-order valence-corrected chi connectivity index (χ0v) is 11.7. The molecule has 0 radical (unpaired) electrons. The van der Waals surface area contributed by atoms with Crippen LogP contribution < -0.4 is 10.6 Å². The molecule has 2 rings (SSSR count). The summed E-state index contributed by atoms with van der Waals surface area (Å²) in [4.78, 5) is 28.0. The number of carbonyl (C=O) groups is 2. The molecule has 0 atom stereocenters. The van der Waals surface area contributed by atoms with Gasteiger partial charge in [-0.1, -0.05) is 6.07 Å². The SMILES string of the molecule is O=C(NCCCn1ccnc1)C(=O)NCc1cccs1. The van der Waals surface area contributed by atoms with Crippen LogP contribution in [0.5, 0.6) is 0 Å². The molecular weight excluding hydrogens is 276 g/mol. The van der Waals surface area contributed by atoms with Crippen LogP contribution in [0, 0.1) is 0 Å². The predicted octanol–water partition coefficient (Wildman–Crippen LogP) is 0.767. The van der Waals surface area contributed by atoms with E-state index in [0.717, 1.165) is 17.8 Å². The Labute approximate surface area is 120 Å². The van der Waals surface area contributed by atoms with Crippen molar-refractivity contribution in [1.82, 2.24) is 20.2 Å². The van der Waals surface area contributed by atoms with E-state index in [9.17, 15) is 9.59 Å². The molecular formula is C13H16N4O2S. The number of nitrogens with zero attached hydrogens (tertiary/aromatic N) is 2. The fourth-order valence-corrected chi connectivity index (χ4v) is 2.27. The average Bonchev–Trinajstić information content (AvgIpc) is 3.13. The summed E-state index contributed by atoms with van der Waals surface area (Å²) in [6, 6.07) is 3.82. The summed E-state index contributed by atoms with van der Waals surface area (Å²) >= 11 is 1.54. The number of hydrogen-bond acceptors (Lipinski definition) is 4. The molecule has 6 nitrogen and oxygen atoms in total. The highest BCUT2D eigenvalue weighted by molar-refractivity contribution is 7.09. The lowest BCUT2D eigenvalue weighted by Crippen LogP contribution is -2.40. The Morgan fingerprint density at radius 2 is 2.15 bits per heavy atom. The number of amides is 2. The van der Waals surface area contributed by atoms with Gasteiger partial charge in [-0.15, -0.1) is 11.3 Å². The van der Waals surface area contributed by atoms with Gasteiger partial charge in [0, 0.05) is 30.4 Å². The second kappa shape index (κ2) is 7.44. The first-order valence-corrected chi connectivity index (χ1v) is 7.18. The molecule has 0 fully saturated rings. The van der Waals surface area contributed by atoms with Crippen LogP contribution in [0.1, 0.15) is 11.3 Å². The van der Waals surface area contributed by atoms with Gasteiger partial charge in [-0.25, -0.2) is 4.98 Å². The number of imidazole rings is 1. The van der Waals surface area contributed by atoms with Crippen LogP contribution in [0.2, 0.25) is 0 Å². The maximum Gasteiger partial charge on any atom is 0.309 e. The van der Waals surface area contributed by atoms with Gasteiger partial charge in [0.1, 0.15) is 0 Å². The molecule has 2 aromatic rings. The van der Waals surface area contributed by atoms with Crippen LogP contribution in [0.3, 0.4) is 0 Å². The maximum absolute atomic E-state index is 11.5. The Kier molecular flexibility index (Phi) is 5.31. The van der Waals surface area contributed by atoms with E-state index < -0.39 is 11.8 Å². The van der Waals surface area contributed by atoms with E-state index in [1.807, 2.05) is 28.3 Å². The molecule has 0 aliphatic carbocycles. The summed E-state index contributed by atoms with van der Waals surface area (Å²) in [5, 5.41) is 7.11. The molecule has 20 heavy (non-hydrogen) atoms. The summed E-state index contributed by atoms with van der Waals surface area (Å²) in [7, 11) is 0. The number of aromatic nitrogens is 2. The minimum absolute atomic E-state index is 0.388. The van der Waals surface area contributed by atoms with E-state index in [0.29, 0.717) is 13.1 Å². The summed E-state index contributed by atoms with van der Waals surface area (Å²) in [5.41, 5.74) is 0. The molecule has 0 saturated carbocycles. The number of nitrogens with one attached hydrogen (secondary N) is 2. The minimum Gasteiger partial charge on any atom is -0.348 e. The van der Waals surface area contributed by atoms with Gasteiger partial charge >= 0.3 is 11.8 Å². The number of hydrogen-bond donors (Lipinski definition) is 2. The van der Waals surface area contributed by atoms with Crippen molar-refractivity contribution >= 4 is 23.2 Å². The molecule has 0 unspecified atom stereocenters. The molecule has 106 valence electrons. The molecule has 2 aromatic heterocycles. The number of aryl methyl sites for hydroxylation is 1. The van der Waals surface area contributed by atoms with Crippen molar-refractivity contribution in [2.24, 2.45) is 0 Å². The number of thiophene rings is 1. The largest absolute Gasteiger partial charge is 0.348 e. The Bertz CT molecular complexity index is 537. The molecule has 0 bridgehead atoms. The molecule has 0 aliphatic heterocycles. The Morgan fingerprint density at radius 3 is 2.85 bits per heavy atom. The van der Waals surface area contributed by atoms with E-state index in [2.05, 4.69) is 15.6 Å². The predicted molar refractivity (Wildman–Crippen MR) is 76.0 cm³/mol. The van der Waals surface area contributed by atoms with Gasteiger partial charge in [-0.3, -0.25) is 9.59 Å². The fourth-order valence-electron chi connectivity index (χ4n) is 1.62. The van der Waals surface area contributed by atoms with Crippen LogP contribution in [0.25, 0.3) is 0 Å². The van der Waals surface area contributed by atoms with Crippen LogP contribution in [0.4, 0.5) is 0 Å². The Hall–Kier alpha value is -2.15. The molecule has 0 saturated heterocycles. The van der Waals surface area contributed by atoms with Gasteiger partial charge in [0.2, 0.25) is 0 Å². The third-order valence-electron chi connectivity index (χ3n) is 2.65. The van der Waals surface area contributed by atoms with Crippen molar-refractivity contribution in [3.63, 3.8) is 0 Å². The average molecular weight is 292 g/mol. The first-order valence-electron chi connectivity index (χ1n) is 6.30. The van der Waals surface area contributed by atoms with Crippen LogP contribution in [0.15, 0.2) is 36.2 Å². The Balaban J connectivity index is 1.60. The lowest BCUT2D eigenvalue weighted by molar-refractivity contribution is -0.139. The number of carbonyl (C=O) groups excluding carboxylic acids is 2. The maximum atomic E-state index is 11.5. The standard InChI is InChI=1S/C13H16N4O2S/c18-12(13(19)16-9-11-3-1-8-20-11)15-4-2-6-17-7-5-14-10-17/h1,3,5,7-8,10H,2,4,6,9H2,(H,15,18)(H,16,19). The highest BCUT2D eigenvalue weighted by atomic mass is 32.1. The van der Waals surface area contributed by atoms with Crippen LogP contribution in [-0.4, -0.2) is 27.9 Å². The lowest BCUT2D eigenvalue weighted by atomic mass is 10.4. The van der Waals surface area contributed by atoms with Crippen molar-refractivity contribution in [2.45, 2.75) is 19.5 Å². The van der Waals surface area contributed by atoms with Gasteiger partial charge in [0.25, 0.3) is 0 Å². The van der Waals surface area contributed by atoms with E-state index in [4.69, 9.17) is 0 Å². The molecule has 2 amide bonds. The smallest absolute Gasteiger partial charge is 0.309 e. The first-order chi connectivity index (χ1) is 9.75. The molecule has 7 heteroatoms. The normalized spacial score (nSPS) is 10.2. The second-order valence-corrected chi connectivity index (χ2v) is 5.20. The van der Waals surface area contributed by atoms with E-state index >= 15 is 0 Å². The van der Waals surface area contributed by atoms with E-state index in [1.165, 1.54) is 0 Å². The minimum atomic E-state index is -0.596. The van der Waals surface area contributed by atoms with Crippen molar-refractivity contribution < 1.29 is 9.59 Å². The molecule has 2 N–H and O–H groups in total. The molecule has 0 aromatic carbocycles. The van der Waals surface area contributed by atoms with Gasteiger partial charge in [-0.2, -0.15) is 0 Å². The summed E-state index contributed by atoms with van der Waals surface area (Å²) in [5.74, 6) is -1.19. The molecule has 2 heterocycles. The van der Waals surface area contributed by atoms with Crippen molar-refractivity contribution in [3.05, 3.63) is 41.1 Å². The van der Waals surface area contributed by atoms with Crippen molar-refractivity contribution in [1.29, 1.82) is 0 Å². The van der Waals surface area contributed by atoms with Crippen molar-refractivity contribution in [2.75, 3.05) is 6.54 Å². The highest BCUT2D eigenvalue weighted by Crippen LogP contribution is 2.06. The van der Waals surface area contributed by atoms with Crippen LogP contribution in [-0.2, 0) is 22.7 Å². The van der Waals surface area contributed by atoms with E-state index in [1.54, 1.807) is 23.9 Å². The third-order valence-corrected chi connectivity index (χ3v) is 3.52. The van der Waals surface area contributed by atoms with Gasteiger partial charge in [-0.05, 0) is 17.9 Å². The van der Waals surface area contributed by atoms with Crippen molar-refractivity contribution in [3.8, 4) is 0 Å². The van der Waals surface area contributed by atoms with Crippen LogP contribution >= 0.6 is 11.3 Å². The first kappa shape index (κ1) is 14.3. The zero-order valence-electron chi connectivity index (χ0n) is 10.9. The molecule has 0 spiro atoms. The number of rotatable bonds is 6. The second-order valence-electron chi connectivity index (χ2n) is 4.17. The van der Waals surface area contributed by atoms with Gasteiger partial charge in [0.05, 0.1) is 12.9 Å². The third kappa shape index (κ3) is 4.51. The quantitative estimate of drug-likeness (QED) is 0.610. The monoisotopic (exact) mass is 292 g/mol. The topological polar surface area (TPSA) is 76.0 Å². The fraction of sp³-hybridized carbons (Fsp3) is 0.308. The van der Waals surface area contributed by atoms with E-state index in [-0.39, 0.29) is 0 Å². The van der Waals surface area contributed by atoms with Gasteiger partial charge < -0.3 is 15.2 Å². The summed E-state index contributed by atoms with van der Waals surface area (Å²) in [6.07, 6.45) is 6.03. The summed E-state index contributed by atoms with van der Waals surface area (Å²) < 4.78 is 1.92. The zero-order chi connectivity index (χ0) is 14.2. The lowest BCUT2D eigenvalue weighted by Gasteiger charge is -2.06. The Morgan fingerprint density at radius 1 is 1.30 bits per heavy atom. The summed E-state index contributed by atoms with van der Waals surface area (Å²) in [6.45, 7) is 1.61.